The molecule has 0 N–H and O–H groups in total. The third-order valence-electron chi connectivity index (χ3n) is 6.61. The van der Waals surface area contributed by atoms with Gasteiger partial charge in [0.15, 0.2) is 11.5 Å². The van der Waals surface area contributed by atoms with Crippen molar-refractivity contribution in [1.29, 1.82) is 0 Å². The molecule has 0 aliphatic carbocycles. The van der Waals surface area contributed by atoms with Crippen molar-refractivity contribution in [3.63, 3.8) is 0 Å². The number of aromatic nitrogens is 1. The molecule has 2 aliphatic rings. The first-order chi connectivity index (χ1) is 17.6. The number of pyridine rings is 1. The topological polar surface area (TPSA) is 98.0 Å². The molecule has 9 nitrogen and oxygen atoms in total. The van der Waals surface area contributed by atoms with Crippen LogP contribution in [0.1, 0.15) is 10.4 Å². The maximum Gasteiger partial charge on any atom is 0.269 e. The highest BCUT2D eigenvalue weighted by Crippen LogP contribution is 2.36. The number of anilines is 1. The summed E-state index contributed by atoms with van der Waals surface area (Å²) in [6.45, 7) is 2.57. The summed E-state index contributed by atoms with van der Waals surface area (Å²) in [6.07, 6.45) is 0. The van der Waals surface area contributed by atoms with Gasteiger partial charge in [-0.3, -0.25) is 14.9 Å². The monoisotopic (exact) mass is 482 g/mol. The first-order valence-corrected chi connectivity index (χ1v) is 11.7. The van der Waals surface area contributed by atoms with E-state index in [1.807, 2.05) is 53.4 Å². The van der Waals surface area contributed by atoms with E-state index in [0.717, 1.165) is 22.2 Å². The van der Waals surface area contributed by atoms with Crippen molar-refractivity contribution >= 4 is 28.2 Å². The van der Waals surface area contributed by atoms with E-state index >= 15 is 0 Å². The number of non-ortho nitro benzene ring substituents is 1. The van der Waals surface area contributed by atoms with Crippen molar-refractivity contribution in [3.05, 3.63) is 88.5 Å². The minimum Gasteiger partial charge on any atom is -0.454 e. The predicted octanol–water partition coefficient (Wildman–Crippen LogP) is 4.50. The molecule has 0 spiro atoms. The summed E-state index contributed by atoms with van der Waals surface area (Å²) in [7, 11) is 0. The Bertz CT molecular complexity index is 1480. The molecule has 3 aromatic carbocycles. The van der Waals surface area contributed by atoms with E-state index < -0.39 is 4.92 Å². The number of benzene rings is 3. The van der Waals surface area contributed by atoms with Gasteiger partial charge in [0.05, 0.1) is 21.7 Å². The van der Waals surface area contributed by atoms with Crippen LogP contribution in [0.2, 0.25) is 0 Å². The molecule has 1 amide bonds. The summed E-state index contributed by atoms with van der Waals surface area (Å²) in [5.41, 5.74) is 3.88. The Labute approximate surface area is 206 Å². The van der Waals surface area contributed by atoms with E-state index in [0.29, 0.717) is 48.9 Å². The molecule has 9 heteroatoms. The zero-order chi connectivity index (χ0) is 24.6. The number of rotatable bonds is 4. The van der Waals surface area contributed by atoms with Gasteiger partial charge in [0.1, 0.15) is 0 Å². The van der Waals surface area contributed by atoms with E-state index in [2.05, 4.69) is 4.90 Å². The van der Waals surface area contributed by atoms with Crippen molar-refractivity contribution < 1.29 is 19.2 Å². The molecule has 0 radical (unpaired) electrons. The number of hydrogen-bond acceptors (Lipinski definition) is 7. The van der Waals surface area contributed by atoms with E-state index in [9.17, 15) is 14.9 Å². The van der Waals surface area contributed by atoms with E-state index in [4.69, 9.17) is 14.5 Å². The minimum absolute atomic E-state index is 0.0426. The lowest BCUT2D eigenvalue weighted by Crippen LogP contribution is -2.48. The van der Waals surface area contributed by atoms with Crippen LogP contribution in [0.25, 0.3) is 22.2 Å². The van der Waals surface area contributed by atoms with Gasteiger partial charge in [-0.25, -0.2) is 4.98 Å². The van der Waals surface area contributed by atoms with Gasteiger partial charge in [0, 0.05) is 54.9 Å². The summed E-state index contributed by atoms with van der Waals surface area (Å²) in [6, 6.07) is 21.7. The van der Waals surface area contributed by atoms with Crippen molar-refractivity contribution in [1.82, 2.24) is 9.88 Å². The van der Waals surface area contributed by atoms with Crippen molar-refractivity contribution in [2.24, 2.45) is 0 Å². The van der Waals surface area contributed by atoms with Gasteiger partial charge in [-0.2, -0.15) is 0 Å². The van der Waals surface area contributed by atoms with Crippen molar-refractivity contribution in [3.8, 4) is 22.8 Å². The van der Waals surface area contributed by atoms with Crippen LogP contribution in [0.4, 0.5) is 11.4 Å². The van der Waals surface area contributed by atoms with Crippen LogP contribution in [0.5, 0.6) is 11.5 Å². The molecular formula is C27H22N4O5. The Hall–Kier alpha value is -4.66. The Morgan fingerprint density at radius 1 is 0.889 bits per heavy atom. The fourth-order valence-electron chi connectivity index (χ4n) is 4.68. The first kappa shape index (κ1) is 21.8. The molecular weight excluding hydrogens is 460 g/mol. The fraction of sp³-hybridized carbons (Fsp3) is 0.185. The lowest BCUT2D eigenvalue weighted by molar-refractivity contribution is -0.384. The molecule has 4 aromatic rings. The Balaban J connectivity index is 1.26. The maximum absolute atomic E-state index is 13.7. The highest BCUT2D eigenvalue weighted by Gasteiger charge is 2.25. The highest BCUT2D eigenvalue weighted by molar-refractivity contribution is 6.07. The Morgan fingerprint density at radius 3 is 2.42 bits per heavy atom. The van der Waals surface area contributed by atoms with Gasteiger partial charge in [-0.15, -0.1) is 0 Å². The summed E-state index contributed by atoms with van der Waals surface area (Å²) in [5.74, 6) is 1.32. The average molecular weight is 482 g/mol. The van der Waals surface area contributed by atoms with Gasteiger partial charge < -0.3 is 19.3 Å². The standard InChI is InChI=1S/C27H22N4O5/c32-27(30-13-11-29(12-14-30)19-6-8-20(9-7-19)31(33)34)22-16-24(28-23-4-2-1-3-21(22)23)18-5-10-25-26(15-18)36-17-35-25/h1-10,15-16H,11-14,17H2. The fourth-order valence-corrected chi connectivity index (χ4v) is 4.68. The number of carbonyl (C=O) groups excluding carboxylic acids is 1. The molecule has 0 saturated carbocycles. The molecule has 1 saturated heterocycles. The Kier molecular flexibility index (Phi) is 5.37. The van der Waals surface area contributed by atoms with Gasteiger partial charge in [-0.1, -0.05) is 18.2 Å². The first-order valence-electron chi connectivity index (χ1n) is 11.7. The van der Waals surface area contributed by atoms with Gasteiger partial charge >= 0.3 is 0 Å². The summed E-state index contributed by atoms with van der Waals surface area (Å²) in [4.78, 5) is 33.0. The van der Waals surface area contributed by atoms with Crippen LogP contribution in [-0.2, 0) is 0 Å². The number of amides is 1. The second kappa shape index (κ2) is 8.84. The quantitative estimate of drug-likeness (QED) is 0.312. The number of nitro groups is 1. The highest BCUT2D eigenvalue weighted by atomic mass is 16.7. The number of nitro benzene ring substituents is 1. The molecule has 180 valence electrons. The third kappa shape index (κ3) is 3.94. The van der Waals surface area contributed by atoms with Crippen LogP contribution < -0.4 is 14.4 Å². The van der Waals surface area contributed by atoms with E-state index in [1.54, 1.807) is 12.1 Å². The zero-order valence-corrected chi connectivity index (χ0v) is 19.3. The van der Waals surface area contributed by atoms with Gasteiger partial charge in [0.2, 0.25) is 6.79 Å². The molecule has 0 unspecified atom stereocenters. The van der Waals surface area contributed by atoms with Crippen LogP contribution in [0.3, 0.4) is 0 Å². The normalized spacial score (nSPS) is 14.8. The molecule has 0 bridgehead atoms. The Morgan fingerprint density at radius 2 is 1.64 bits per heavy atom. The van der Waals surface area contributed by atoms with Gasteiger partial charge in [0.25, 0.3) is 11.6 Å². The third-order valence-corrected chi connectivity index (χ3v) is 6.61. The van der Waals surface area contributed by atoms with E-state index in [-0.39, 0.29) is 18.4 Å². The number of para-hydroxylation sites is 1. The molecule has 6 rings (SSSR count). The number of nitrogens with zero attached hydrogens (tertiary/aromatic N) is 4. The molecule has 1 aromatic heterocycles. The van der Waals surface area contributed by atoms with E-state index in [1.165, 1.54) is 12.1 Å². The minimum atomic E-state index is -0.405. The van der Waals surface area contributed by atoms with Crippen LogP contribution in [0, 0.1) is 10.1 Å². The number of carbonyl (C=O) groups is 1. The SMILES string of the molecule is O=C(c1cc(-c2ccc3c(c2)OCO3)nc2ccccc12)N1CCN(c2ccc([N+](=O)[O-])cc2)CC1. The van der Waals surface area contributed by atoms with Crippen LogP contribution in [-0.4, -0.2) is 53.7 Å². The number of hydrogen-bond donors (Lipinski definition) is 0. The molecule has 1 fully saturated rings. The number of ether oxygens (including phenoxy) is 2. The molecule has 3 heterocycles. The van der Waals surface area contributed by atoms with Crippen LogP contribution >= 0.6 is 0 Å². The lowest BCUT2D eigenvalue weighted by atomic mass is 10.0. The lowest BCUT2D eigenvalue weighted by Gasteiger charge is -2.36. The molecule has 36 heavy (non-hydrogen) atoms. The average Bonchev–Trinajstić information content (AvgIpc) is 3.40. The second-order valence-electron chi connectivity index (χ2n) is 8.69. The van der Waals surface area contributed by atoms with Crippen molar-refractivity contribution in [2.75, 3.05) is 37.9 Å². The summed E-state index contributed by atoms with van der Waals surface area (Å²) in [5, 5.41) is 11.7. The van der Waals surface area contributed by atoms with Crippen molar-refractivity contribution in [2.45, 2.75) is 0 Å². The number of fused-ring (bicyclic) bond motifs is 2. The summed E-state index contributed by atoms with van der Waals surface area (Å²) < 4.78 is 10.9. The predicted molar refractivity (Wildman–Crippen MR) is 135 cm³/mol. The summed E-state index contributed by atoms with van der Waals surface area (Å²) >= 11 is 0. The molecule has 0 atom stereocenters. The zero-order valence-electron chi connectivity index (χ0n) is 19.3. The largest absolute Gasteiger partial charge is 0.454 e. The molecule has 2 aliphatic heterocycles. The maximum atomic E-state index is 13.7. The number of piperazine rings is 1. The van der Waals surface area contributed by atoms with Gasteiger partial charge in [-0.05, 0) is 42.5 Å². The second-order valence-corrected chi connectivity index (χ2v) is 8.69. The smallest absolute Gasteiger partial charge is 0.269 e. The van der Waals surface area contributed by atoms with Crippen LogP contribution in [0.15, 0.2) is 72.8 Å².